The second kappa shape index (κ2) is 7.02. The van der Waals surface area contributed by atoms with Gasteiger partial charge in [0.1, 0.15) is 12.0 Å². The van der Waals surface area contributed by atoms with E-state index >= 15 is 0 Å². The molecule has 22 heavy (non-hydrogen) atoms. The molecule has 0 saturated heterocycles. The Morgan fingerprint density at radius 2 is 2.23 bits per heavy atom. The Morgan fingerprint density at radius 3 is 2.91 bits per heavy atom. The quantitative estimate of drug-likeness (QED) is 0.656. The maximum absolute atomic E-state index is 13.8. The Kier molecular flexibility index (Phi) is 5.08. The first-order valence-electron chi connectivity index (χ1n) is 7.02. The highest BCUT2D eigenvalue weighted by Gasteiger charge is 2.15. The van der Waals surface area contributed by atoms with Gasteiger partial charge in [-0.2, -0.15) is 4.39 Å². The number of nitrogens with zero attached hydrogens (tertiary/aromatic N) is 2. The normalized spacial score (nSPS) is 12.0. The van der Waals surface area contributed by atoms with Crippen molar-refractivity contribution in [1.82, 2.24) is 15.0 Å². The van der Waals surface area contributed by atoms with Crippen molar-refractivity contribution in [2.24, 2.45) is 5.92 Å². The number of esters is 1. The molecule has 0 atom stereocenters. The van der Waals surface area contributed by atoms with E-state index in [4.69, 9.17) is 4.74 Å². The summed E-state index contributed by atoms with van der Waals surface area (Å²) >= 11 is 0. The number of rotatable bonds is 6. The molecular formula is C15H18FN3O3. The highest BCUT2D eigenvalue weighted by molar-refractivity contribution is 5.97. The molecule has 2 heterocycles. The van der Waals surface area contributed by atoms with Gasteiger partial charge in [-0.1, -0.05) is 13.8 Å². The molecule has 0 aliphatic rings. The molecule has 0 fully saturated rings. The van der Waals surface area contributed by atoms with E-state index in [9.17, 15) is 9.18 Å². The third kappa shape index (κ3) is 3.60. The number of nitrogens with one attached hydrogen (secondary N) is 1. The Morgan fingerprint density at radius 1 is 1.45 bits per heavy atom. The molecule has 0 aromatic carbocycles. The third-order valence-corrected chi connectivity index (χ3v) is 2.77. The highest BCUT2D eigenvalue weighted by atomic mass is 19.1. The summed E-state index contributed by atoms with van der Waals surface area (Å²) < 4.78 is 24.1. The largest absolute Gasteiger partial charge is 0.477 e. The number of aromatic nitrogens is 3. The van der Waals surface area contributed by atoms with E-state index in [1.165, 1.54) is 6.33 Å². The Hall–Kier alpha value is -2.44. The zero-order valence-corrected chi connectivity index (χ0v) is 12.7. The van der Waals surface area contributed by atoms with Crippen LogP contribution in [0.25, 0.3) is 17.1 Å². The molecule has 0 unspecified atom stereocenters. The molecule has 7 heteroatoms. The van der Waals surface area contributed by atoms with Crippen LogP contribution in [-0.4, -0.2) is 34.1 Å². The van der Waals surface area contributed by atoms with Crippen LogP contribution >= 0.6 is 0 Å². The smallest absolute Gasteiger partial charge is 0.367 e. The van der Waals surface area contributed by atoms with Crippen molar-refractivity contribution in [3.63, 3.8) is 0 Å². The van der Waals surface area contributed by atoms with Crippen LogP contribution in [0.5, 0.6) is 5.88 Å². The van der Waals surface area contributed by atoms with Crippen LogP contribution in [0, 0.1) is 5.92 Å². The van der Waals surface area contributed by atoms with E-state index in [-0.39, 0.29) is 6.61 Å². The first-order chi connectivity index (χ1) is 10.5. The number of hydrogen-bond donors (Lipinski definition) is 1. The number of carbonyl (C=O) groups excluding carboxylic acids is 1. The molecule has 0 radical (unpaired) electrons. The lowest BCUT2D eigenvalue weighted by Gasteiger charge is -2.08. The minimum absolute atomic E-state index is 0.111. The number of halogens is 1. The van der Waals surface area contributed by atoms with E-state index in [1.54, 1.807) is 13.1 Å². The maximum Gasteiger partial charge on any atom is 0.367 e. The zero-order valence-electron chi connectivity index (χ0n) is 12.7. The van der Waals surface area contributed by atoms with Gasteiger partial charge >= 0.3 is 5.97 Å². The molecule has 2 rings (SSSR count). The van der Waals surface area contributed by atoms with Crippen molar-refractivity contribution < 1.29 is 18.7 Å². The lowest BCUT2D eigenvalue weighted by molar-refractivity contribution is -0.140. The van der Waals surface area contributed by atoms with E-state index in [0.29, 0.717) is 35.0 Å². The molecule has 2 aromatic heterocycles. The number of ether oxygens (including phenoxy) is 2. The predicted octanol–water partition coefficient (Wildman–Crippen LogP) is 2.87. The fourth-order valence-corrected chi connectivity index (χ4v) is 1.82. The summed E-state index contributed by atoms with van der Waals surface area (Å²) in [7, 11) is 0. The van der Waals surface area contributed by atoms with Crippen LogP contribution in [0.15, 0.2) is 18.4 Å². The summed E-state index contributed by atoms with van der Waals surface area (Å²) in [5, 5.41) is 0.530. The predicted molar refractivity (Wildman–Crippen MR) is 79.9 cm³/mol. The number of H-pyrrole nitrogens is 1. The van der Waals surface area contributed by atoms with Crippen molar-refractivity contribution in [3.8, 4) is 5.88 Å². The Bertz CT molecular complexity index is 694. The van der Waals surface area contributed by atoms with Gasteiger partial charge in [-0.25, -0.2) is 14.8 Å². The lowest BCUT2D eigenvalue weighted by Crippen LogP contribution is -2.06. The molecule has 0 amide bonds. The third-order valence-electron chi connectivity index (χ3n) is 2.77. The molecule has 0 spiro atoms. The molecular weight excluding hydrogens is 289 g/mol. The van der Waals surface area contributed by atoms with E-state index in [0.717, 1.165) is 6.08 Å². The molecule has 0 aliphatic carbocycles. The average Bonchev–Trinajstić information content (AvgIpc) is 2.89. The van der Waals surface area contributed by atoms with Crippen molar-refractivity contribution in [3.05, 3.63) is 23.9 Å². The van der Waals surface area contributed by atoms with Gasteiger partial charge in [0.05, 0.1) is 18.6 Å². The van der Waals surface area contributed by atoms with Crippen LogP contribution in [-0.2, 0) is 9.53 Å². The second-order valence-electron chi connectivity index (χ2n) is 5.06. The van der Waals surface area contributed by atoms with E-state index in [2.05, 4.69) is 19.7 Å². The van der Waals surface area contributed by atoms with Gasteiger partial charge in [0.15, 0.2) is 0 Å². The molecule has 118 valence electrons. The second-order valence-corrected chi connectivity index (χ2v) is 5.06. The average molecular weight is 307 g/mol. The SMILES string of the molecule is CCOC(=O)C(F)=Cc1c[nH]c2ncnc(OCC(C)C)c12. The summed E-state index contributed by atoms with van der Waals surface area (Å²) in [4.78, 5) is 22.4. The summed E-state index contributed by atoms with van der Waals surface area (Å²) in [6, 6.07) is 0. The van der Waals surface area contributed by atoms with Gasteiger partial charge < -0.3 is 14.5 Å². The van der Waals surface area contributed by atoms with Gasteiger partial charge in [0, 0.05) is 11.8 Å². The fraction of sp³-hybridized carbons (Fsp3) is 0.400. The van der Waals surface area contributed by atoms with E-state index in [1.807, 2.05) is 13.8 Å². The summed E-state index contributed by atoms with van der Waals surface area (Å²) in [6.45, 7) is 6.22. The van der Waals surface area contributed by atoms with Crippen LogP contribution in [0.1, 0.15) is 26.3 Å². The van der Waals surface area contributed by atoms with Crippen LogP contribution in [0.4, 0.5) is 4.39 Å². The van der Waals surface area contributed by atoms with Gasteiger partial charge in [0.25, 0.3) is 0 Å². The van der Waals surface area contributed by atoms with Gasteiger partial charge in [-0.05, 0) is 18.9 Å². The molecule has 0 saturated carbocycles. The van der Waals surface area contributed by atoms with Crippen LogP contribution in [0.2, 0.25) is 0 Å². The van der Waals surface area contributed by atoms with Crippen LogP contribution < -0.4 is 4.74 Å². The molecule has 6 nitrogen and oxygen atoms in total. The van der Waals surface area contributed by atoms with Crippen molar-refractivity contribution in [2.45, 2.75) is 20.8 Å². The van der Waals surface area contributed by atoms with Crippen molar-refractivity contribution >= 4 is 23.1 Å². The number of carbonyl (C=O) groups is 1. The van der Waals surface area contributed by atoms with Crippen molar-refractivity contribution in [2.75, 3.05) is 13.2 Å². The maximum atomic E-state index is 13.8. The highest BCUT2D eigenvalue weighted by Crippen LogP contribution is 2.27. The van der Waals surface area contributed by atoms with Crippen LogP contribution in [0.3, 0.4) is 0 Å². The first kappa shape index (κ1) is 15.9. The monoisotopic (exact) mass is 307 g/mol. The lowest BCUT2D eigenvalue weighted by atomic mass is 10.2. The summed E-state index contributed by atoms with van der Waals surface area (Å²) in [5.41, 5.74) is 0.941. The number of aromatic amines is 1. The van der Waals surface area contributed by atoms with Gasteiger partial charge in [-0.3, -0.25) is 0 Å². The first-order valence-corrected chi connectivity index (χ1v) is 7.02. The van der Waals surface area contributed by atoms with Gasteiger partial charge in [-0.15, -0.1) is 0 Å². The zero-order chi connectivity index (χ0) is 16.1. The standard InChI is InChI=1S/C15H18FN3O3/c1-4-21-15(20)11(16)5-10-6-17-13-12(10)14(19-8-18-13)22-7-9(2)3/h5-6,8-9H,4,7H2,1-3H3,(H,17,18,19). The van der Waals surface area contributed by atoms with Crippen molar-refractivity contribution in [1.29, 1.82) is 0 Å². The Labute approximate surface area is 127 Å². The van der Waals surface area contributed by atoms with E-state index < -0.39 is 11.8 Å². The molecule has 0 bridgehead atoms. The minimum Gasteiger partial charge on any atom is -0.477 e. The summed E-state index contributed by atoms with van der Waals surface area (Å²) in [6.07, 6.45) is 3.99. The Balaban J connectivity index is 2.38. The molecule has 2 aromatic rings. The topological polar surface area (TPSA) is 77.1 Å². The minimum atomic E-state index is -1.00. The number of fused-ring (bicyclic) bond motifs is 1. The molecule has 1 N–H and O–H groups in total. The fourth-order valence-electron chi connectivity index (χ4n) is 1.82. The summed E-state index contributed by atoms with van der Waals surface area (Å²) in [5.74, 6) is -1.32. The van der Waals surface area contributed by atoms with Gasteiger partial charge in [0.2, 0.25) is 11.7 Å². The molecule has 0 aliphatic heterocycles. The number of hydrogen-bond acceptors (Lipinski definition) is 5.